The molecule has 0 saturated carbocycles. The lowest BCUT2D eigenvalue weighted by Gasteiger charge is -2.37. The van der Waals surface area contributed by atoms with Gasteiger partial charge in [0.1, 0.15) is 5.82 Å². The smallest absolute Gasteiger partial charge is 0.338 e. The van der Waals surface area contributed by atoms with E-state index in [2.05, 4.69) is 17.5 Å². The number of carbonyl (C=O) groups excluding carboxylic acids is 1. The number of anilines is 1. The molecule has 4 heteroatoms. The lowest BCUT2D eigenvalue weighted by atomic mass is 9.76. The summed E-state index contributed by atoms with van der Waals surface area (Å²) in [5.74, 6) is 0.0204. The van der Waals surface area contributed by atoms with Crippen LogP contribution in [0.3, 0.4) is 0 Å². The zero-order chi connectivity index (χ0) is 17.4. The van der Waals surface area contributed by atoms with E-state index in [0.29, 0.717) is 18.1 Å². The van der Waals surface area contributed by atoms with Gasteiger partial charge in [-0.2, -0.15) is 0 Å². The number of allylic oxidation sites excluding steroid dienone is 2. The number of hydrogen-bond donors (Lipinski definition) is 1. The van der Waals surface area contributed by atoms with E-state index < -0.39 is 0 Å². The number of rotatable bonds is 3. The topological polar surface area (TPSA) is 38.3 Å². The molecule has 25 heavy (non-hydrogen) atoms. The summed E-state index contributed by atoms with van der Waals surface area (Å²) in [6.45, 7) is 2.17. The first-order valence-corrected chi connectivity index (χ1v) is 8.67. The maximum atomic E-state index is 13.7. The number of ether oxygens (including phenoxy) is 1. The highest BCUT2D eigenvalue weighted by molar-refractivity contribution is 5.90. The molecule has 0 amide bonds. The van der Waals surface area contributed by atoms with Crippen molar-refractivity contribution in [1.29, 1.82) is 0 Å². The third-order valence-corrected chi connectivity index (χ3v) is 5.08. The highest BCUT2D eigenvalue weighted by atomic mass is 19.1. The van der Waals surface area contributed by atoms with Gasteiger partial charge in [-0.25, -0.2) is 9.18 Å². The number of halogens is 1. The average molecular weight is 337 g/mol. The maximum absolute atomic E-state index is 13.7. The Labute approximate surface area is 146 Å². The third kappa shape index (κ3) is 2.82. The fourth-order valence-corrected chi connectivity index (χ4v) is 3.97. The number of fused-ring (bicyclic) bond motifs is 3. The molecule has 1 heterocycles. The van der Waals surface area contributed by atoms with Crippen molar-refractivity contribution in [3.8, 4) is 0 Å². The summed E-state index contributed by atoms with van der Waals surface area (Å²) in [5, 5.41) is 3.55. The Kier molecular flexibility index (Phi) is 4.04. The fourth-order valence-electron chi connectivity index (χ4n) is 3.97. The molecule has 0 radical (unpaired) electrons. The van der Waals surface area contributed by atoms with E-state index in [1.165, 1.54) is 6.07 Å². The van der Waals surface area contributed by atoms with Crippen LogP contribution in [-0.4, -0.2) is 12.6 Å². The normalized spacial score (nSPS) is 23.5. The first kappa shape index (κ1) is 15.9. The molecule has 3 nitrogen and oxygen atoms in total. The minimum Gasteiger partial charge on any atom is -0.462 e. The molecular formula is C21H20FNO2. The third-order valence-electron chi connectivity index (χ3n) is 5.08. The largest absolute Gasteiger partial charge is 0.462 e. The van der Waals surface area contributed by atoms with Crippen LogP contribution in [0.25, 0.3) is 0 Å². The summed E-state index contributed by atoms with van der Waals surface area (Å²) in [4.78, 5) is 12.0. The standard InChI is InChI=1S/C21H20FNO2/c1-2-25-21(24)14-9-10-19-18(12-14)16-7-4-8-17(16)20(23-19)13-5-3-6-15(22)11-13/h3-7,9-12,16-17,20,23H,2,8H2,1H3/t16-,17-,20-/m1/s1. The van der Waals surface area contributed by atoms with Gasteiger partial charge in [0, 0.05) is 11.6 Å². The SMILES string of the molecule is CCOC(=O)c1ccc2c(c1)[C@@H]1C=CC[C@H]1[C@@H](c1cccc(F)c1)N2. The van der Waals surface area contributed by atoms with E-state index in [0.717, 1.165) is 23.2 Å². The Balaban J connectivity index is 1.72. The molecule has 1 N–H and O–H groups in total. The van der Waals surface area contributed by atoms with Crippen molar-refractivity contribution in [2.75, 3.05) is 11.9 Å². The monoisotopic (exact) mass is 337 g/mol. The molecular weight excluding hydrogens is 317 g/mol. The minimum atomic E-state index is -0.295. The molecule has 0 bridgehead atoms. The van der Waals surface area contributed by atoms with Crippen molar-refractivity contribution < 1.29 is 13.9 Å². The van der Waals surface area contributed by atoms with E-state index >= 15 is 0 Å². The van der Waals surface area contributed by atoms with Crippen molar-refractivity contribution in [2.45, 2.75) is 25.3 Å². The van der Waals surface area contributed by atoms with Crippen LogP contribution in [0.5, 0.6) is 0 Å². The molecule has 4 rings (SSSR count). The highest BCUT2D eigenvalue weighted by Gasteiger charge is 2.38. The van der Waals surface area contributed by atoms with Crippen LogP contribution in [0.2, 0.25) is 0 Å². The lowest BCUT2D eigenvalue weighted by Crippen LogP contribution is -2.29. The summed E-state index contributed by atoms with van der Waals surface area (Å²) < 4.78 is 18.8. The molecule has 128 valence electrons. The molecule has 3 atom stereocenters. The van der Waals surface area contributed by atoms with Crippen molar-refractivity contribution in [1.82, 2.24) is 0 Å². The number of hydrogen-bond acceptors (Lipinski definition) is 3. The van der Waals surface area contributed by atoms with Crippen molar-refractivity contribution in [3.63, 3.8) is 0 Å². The first-order valence-electron chi connectivity index (χ1n) is 8.67. The Morgan fingerprint density at radius 2 is 2.16 bits per heavy atom. The molecule has 2 aromatic carbocycles. The minimum absolute atomic E-state index is 0.0524. The predicted octanol–water partition coefficient (Wildman–Crippen LogP) is 4.83. The number of benzene rings is 2. The molecule has 1 aliphatic carbocycles. The van der Waals surface area contributed by atoms with Gasteiger partial charge in [-0.05, 0) is 60.7 Å². The average Bonchev–Trinajstić information content (AvgIpc) is 3.11. The van der Waals surface area contributed by atoms with Crippen LogP contribution in [0.1, 0.15) is 46.8 Å². The summed E-state index contributed by atoms with van der Waals surface area (Å²) >= 11 is 0. The molecule has 1 aliphatic heterocycles. The summed E-state index contributed by atoms with van der Waals surface area (Å²) in [6, 6.07) is 12.5. The van der Waals surface area contributed by atoms with Gasteiger partial charge in [-0.3, -0.25) is 0 Å². The molecule has 0 fully saturated rings. The second-order valence-electron chi connectivity index (χ2n) is 6.55. The van der Waals surface area contributed by atoms with Crippen LogP contribution < -0.4 is 5.32 Å². The number of esters is 1. The molecule has 0 saturated heterocycles. The Morgan fingerprint density at radius 3 is 2.96 bits per heavy atom. The van der Waals surface area contributed by atoms with Gasteiger partial charge < -0.3 is 10.1 Å². The fraction of sp³-hybridized carbons (Fsp3) is 0.286. The van der Waals surface area contributed by atoms with Gasteiger partial charge in [0.2, 0.25) is 0 Å². The van der Waals surface area contributed by atoms with E-state index in [1.807, 2.05) is 18.2 Å². The summed E-state index contributed by atoms with van der Waals surface area (Å²) in [5.41, 5.74) is 3.64. The van der Waals surface area contributed by atoms with Gasteiger partial charge in [0.15, 0.2) is 0 Å². The second-order valence-corrected chi connectivity index (χ2v) is 6.55. The van der Waals surface area contributed by atoms with Gasteiger partial charge in [-0.15, -0.1) is 0 Å². The molecule has 2 aromatic rings. The predicted molar refractivity (Wildman–Crippen MR) is 95.2 cm³/mol. The molecule has 0 aromatic heterocycles. The van der Waals surface area contributed by atoms with E-state index in [4.69, 9.17) is 4.74 Å². The second kappa shape index (κ2) is 6.36. The highest BCUT2D eigenvalue weighted by Crippen LogP contribution is 2.49. The van der Waals surface area contributed by atoms with Gasteiger partial charge in [0.05, 0.1) is 18.2 Å². The zero-order valence-corrected chi connectivity index (χ0v) is 14.0. The summed E-state index contributed by atoms with van der Waals surface area (Å²) in [6.07, 6.45) is 5.31. The van der Waals surface area contributed by atoms with Crippen LogP contribution >= 0.6 is 0 Å². The quantitative estimate of drug-likeness (QED) is 0.644. The van der Waals surface area contributed by atoms with Gasteiger partial charge in [0.25, 0.3) is 0 Å². The van der Waals surface area contributed by atoms with Crippen molar-refractivity contribution >= 4 is 11.7 Å². The Bertz CT molecular complexity index is 846. The maximum Gasteiger partial charge on any atom is 0.338 e. The van der Waals surface area contributed by atoms with E-state index in [-0.39, 0.29) is 23.7 Å². The molecule has 0 unspecified atom stereocenters. The van der Waals surface area contributed by atoms with Crippen LogP contribution in [0.15, 0.2) is 54.6 Å². The van der Waals surface area contributed by atoms with E-state index in [1.54, 1.807) is 25.1 Å². The van der Waals surface area contributed by atoms with E-state index in [9.17, 15) is 9.18 Å². The number of carbonyl (C=O) groups is 1. The lowest BCUT2D eigenvalue weighted by molar-refractivity contribution is 0.0526. The van der Waals surface area contributed by atoms with Gasteiger partial charge >= 0.3 is 5.97 Å². The van der Waals surface area contributed by atoms with Gasteiger partial charge in [-0.1, -0.05) is 24.3 Å². The Hall–Kier alpha value is -2.62. The van der Waals surface area contributed by atoms with Crippen LogP contribution in [0, 0.1) is 11.7 Å². The Morgan fingerprint density at radius 1 is 1.28 bits per heavy atom. The van der Waals surface area contributed by atoms with Crippen molar-refractivity contribution in [3.05, 3.63) is 77.1 Å². The zero-order valence-electron chi connectivity index (χ0n) is 14.0. The van der Waals surface area contributed by atoms with Crippen LogP contribution in [0.4, 0.5) is 10.1 Å². The van der Waals surface area contributed by atoms with Crippen LogP contribution in [-0.2, 0) is 4.74 Å². The number of nitrogens with one attached hydrogen (secondary N) is 1. The first-order chi connectivity index (χ1) is 12.2. The van der Waals surface area contributed by atoms with Crippen molar-refractivity contribution in [2.24, 2.45) is 5.92 Å². The molecule has 0 spiro atoms. The summed E-state index contributed by atoms with van der Waals surface area (Å²) in [7, 11) is 0. The molecule has 2 aliphatic rings.